The number of nitrogens with one attached hydrogen (secondary N) is 2. The molecule has 3 aliphatic rings. The van der Waals surface area contributed by atoms with Gasteiger partial charge in [-0.3, -0.25) is 4.90 Å². The van der Waals surface area contributed by atoms with Crippen molar-refractivity contribution in [2.45, 2.75) is 25.2 Å². The van der Waals surface area contributed by atoms with Gasteiger partial charge in [0.15, 0.2) is 11.6 Å². The van der Waals surface area contributed by atoms with Crippen LogP contribution in [0.5, 0.6) is 0 Å². The van der Waals surface area contributed by atoms with Crippen LogP contribution in [0.15, 0.2) is 12.1 Å². The number of ether oxygens (including phenoxy) is 3. The lowest BCUT2D eigenvalue weighted by atomic mass is 10.2. The van der Waals surface area contributed by atoms with E-state index < -0.39 is 42.1 Å². The van der Waals surface area contributed by atoms with Gasteiger partial charge in [0.05, 0.1) is 38.0 Å². The minimum Gasteiger partial charge on any atom is -0.450 e. The van der Waals surface area contributed by atoms with Crippen LogP contribution >= 0.6 is 0 Å². The van der Waals surface area contributed by atoms with Gasteiger partial charge in [0.2, 0.25) is 0 Å². The smallest absolute Gasteiger partial charge is 0.414 e. The molecule has 0 aliphatic carbocycles. The molecule has 0 bridgehead atoms. The van der Waals surface area contributed by atoms with Crippen LogP contribution in [0.25, 0.3) is 0 Å². The molecular formula is C18H20F2N4O6. The van der Waals surface area contributed by atoms with Crippen molar-refractivity contribution in [1.82, 2.24) is 10.6 Å². The van der Waals surface area contributed by atoms with Crippen molar-refractivity contribution in [2.24, 2.45) is 0 Å². The Bertz CT molecular complexity index is 845. The molecule has 2 N–H and O–H groups in total. The second kappa shape index (κ2) is 7.84. The summed E-state index contributed by atoms with van der Waals surface area (Å²) >= 11 is 0. The SMILES string of the molecule is CCOC(=O)NC[C@H]1CN(c2cc(F)c(N3CC4NC(=O)OC4C3)c(F)c2)C(=O)O1. The Morgan fingerprint density at radius 2 is 1.97 bits per heavy atom. The normalized spacial score (nSPS) is 25.0. The van der Waals surface area contributed by atoms with Crippen LogP contribution in [0.2, 0.25) is 0 Å². The van der Waals surface area contributed by atoms with Gasteiger partial charge in [-0.05, 0) is 6.92 Å². The minimum atomic E-state index is -0.850. The molecule has 1 aromatic rings. The monoisotopic (exact) mass is 426 g/mol. The number of anilines is 2. The minimum absolute atomic E-state index is 0.00123. The van der Waals surface area contributed by atoms with Crippen molar-refractivity contribution >= 4 is 29.7 Å². The predicted octanol–water partition coefficient (Wildman–Crippen LogP) is 1.33. The first-order chi connectivity index (χ1) is 14.4. The topological polar surface area (TPSA) is 109 Å². The van der Waals surface area contributed by atoms with Crippen molar-refractivity contribution in [3.05, 3.63) is 23.8 Å². The van der Waals surface area contributed by atoms with Crippen LogP contribution in [0.3, 0.4) is 0 Å². The van der Waals surface area contributed by atoms with Crippen molar-refractivity contribution in [2.75, 3.05) is 42.6 Å². The number of hydrogen-bond acceptors (Lipinski definition) is 7. The first kappa shape index (κ1) is 20.0. The van der Waals surface area contributed by atoms with Gasteiger partial charge in [-0.1, -0.05) is 0 Å². The summed E-state index contributed by atoms with van der Waals surface area (Å²) in [7, 11) is 0. The summed E-state index contributed by atoms with van der Waals surface area (Å²) in [5.41, 5.74) is -0.250. The summed E-state index contributed by atoms with van der Waals surface area (Å²) in [5.74, 6) is -1.70. The van der Waals surface area contributed by atoms with Crippen LogP contribution in [-0.4, -0.2) is 69.3 Å². The number of benzene rings is 1. The van der Waals surface area contributed by atoms with E-state index in [1.165, 1.54) is 4.90 Å². The lowest BCUT2D eigenvalue weighted by Gasteiger charge is -2.22. The molecule has 2 unspecified atom stereocenters. The molecule has 3 aliphatic heterocycles. The molecule has 3 heterocycles. The highest BCUT2D eigenvalue weighted by Crippen LogP contribution is 2.34. The molecule has 0 spiro atoms. The average Bonchev–Trinajstić information content (AvgIpc) is 3.32. The average molecular weight is 426 g/mol. The zero-order valence-corrected chi connectivity index (χ0v) is 16.0. The van der Waals surface area contributed by atoms with E-state index in [0.29, 0.717) is 0 Å². The van der Waals surface area contributed by atoms with E-state index in [2.05, 4.69) is 10.6 Å². The van der Waals surface area contributed by atoms with Gasteiger partial charge < -0.3 is 29.7 Å². The van der Waals surface area contributed by atoms with E-state index in [4.69, 9.17) is 14.2 Å². The van der Waals surface area contributed by atoms with Crippen molar-refractivity contribution in [3.8, 4) is 0 Å². The van der Waals surface area contributed by atoms with Crippen LogP contribution in [-0.2, 0) is 14.2 Å². The van der Waals surface area contributed by atoms with Gasteiger partial charge in [-0.25, -0.2) is 23.2 Å². The molecule has 0 saturated carbocycles. The second-order valence-corrected chi connectivity index (χ2v) is 7.08. The maximum atomic E-state index is 14.8. The molecule has 3 amide bonds. The standard InChI is InChI=1S/C18H20F2N4O6/c1-2-28-16(25)21-5-10-6-24(18(27)29-10)9-3-11(19)15(12(20)4-9)23-7-13-14(8-23)30-17(26)22-13/h3-4,10,13-14H,2,5-8H2,1H3,(H,21,25)(H,22,26)/t10-,13?,14?/m0/s1. The number of fused-ring (bicyclic) bond motifs is 1. The number of halogens is 2. The number of alkyl carbamates (subject to hydrolysis) is 2. The van der Waals surface area contributed by atoms with Gasteiger partial charge in [0, 0.05) is 18.7 Å². The Kier molecular flexibility index (Phi) is 5.22. The molecule has 10 nitrogen and oxygen atoms in total. The molecule has 3 saturated heterocycles. The summed E-state index contributed by atoms with van der Waals surface area (Å²) in [4.78, 5) is 37.3. The predicted molar refractivity (Wildman–Crippen MR) is 98.4 cm³/mol. The highest BCUT2D eigenvalue weighted by atomic mass is 19.1. The van der Waals surface area contributed by atoms with Crippen LogP contribution in [0.4, 0.5) is 34.5 Å². The molecule has 1 aromatic carbocycles. The van der Waals surface area contributed by atoms with Crippen molar-refractivity contribution in [1.29, 1.82) is 0 Å². The molecule has 3 atom stereocenters. The number of rotatable bonds is 5. The van der Waals surface area contributed by atoms with Gasteiger partial charge >= 0.3 is 18.3 Å². The van der Waals surface area contributed by atoms with Crippen LogP contribution in [0.1, 0.15) is 6.92 Å². The zero-order valence-electron chi connectivity index (χ0n) is 16.0. The van der Waals surface area contributed by atoms with Gasteiger partial charge in [0.25, 0.3) is 0 Å². The first-order valence-corrected chi connectivity index (χ1v) is 9.45. The fraction of sp³-hybridized carbons (Fsp3) is 0.500. The fourth-order valence-corrected chi connectivity index (χ4v) is 3.77. The number of carbonyl (C=O) groups excluding carboxylic acids is 3. The van der Waals surface area contributed by atoms with E-state index >= 15 is 0 Å². The maximum Gasteiger partial charge on any atom is 0.414 e. The van der Waals surface area contributed by atoms with E-state index in [-0.39, 0.29) is 50.2 Å². The lowest BCUT2D eigenvalue weighted by Crippen LogP contribution is -2.35. The Hall–Kier alpha value is -3.31. The largest absolute Gasteiger partial charge is 0.450 e. The fourth-order valence-electron chi connectivity index (χ4n) is 3.77. The highest BCUT2D eigenvalue weighted by Gasteiger charge is 2.43. The Morgan fingerprint density at radius 3 is 2.63 bits per heavy atom. The molecule has 0 radical (unpaired) electrons. The van der Waals surface area contributed by atoms with Crippen LogP contribution < -0.4 is 20.4 Å². The third kappa shape index (κ3) is 3.76. The van der Waals surface area contributed by atoms with Crippen LogP contribution in [0, 0.1) is 11.6 Å². The highest BCUT2D eigenvalue weighted by molar-refractivity contribution is 5.90. The molecule has 30 heavy (non-hydrogen) atoms. The molecule has 3 fully saturated rings. The molecule has 12 heteroatoms. The van der Waals surface area contributed by atoms with Crippen molar-refractivity contribution < 1.29 is 37.4 Å². The summed E-state index contributed by atoms with van der Waals surface area (Å²) < 4.78 is 44.5. The molecular weight excluding hydrogens is 406 g/mol. The molecule has 162 valence electrons. The lowest BCUT2D eigenvalue weighted by molar-refractivity contribution is 0.127. The quantitative estimate of drug-likeness (QED) is 0.684. The number of carbonyl (C=O) groups is 3. The van der Waals surface area contributed by atoms with Gasteiger partial charge in [-0.2, -0.15) is 0 Å². The summed E-state index contributed by atoms with van der Waals surface area (Å²) in [5, 5.41) is 5.04. The number of amides is 3. The van der Waals surface area contributed by atoms with E-state index in [9.17, 15) is 23.2 Å². The number of nitrogens with zero attached hydrogens (tertiary/aromatic N) is 2. The molecule has 4 rings (SSSR count). The van der Waals surface area contributed by atoms with E-state index in [0.717, 1.165) is 17.0 Å². The summed E-state index contributed by atoms with van der Waals surface area (Å²) in [6.07, 6.45) is -3.13. The summed E-state index contributed by atoms with van der Waals surface area (Å²) in [6.45, 7) is 2.23. The summed E-state index contributed by atoms with van der Waals surface area (Å²) in [6, 6.07) is 1.76. The third-order valence-electron chi connectivity index (χ3n) is 5.08. The van der Waals surface area contributed by atoms with E-state index in [1.54, 1.807) is 6.92 Å². The zero-order chi connectivity index (χ0) is 21.4. The van der Waals surface area contributed by atoms with E-state index in [1.807, 2.05) is 0 Å². The Balaban J connectivity index is 1.44. The van der Waals surface area contributed by atoms with Gasteiger partial charge in [-0.15, -0.1) is 0 Å². The van der Waals surface area contributed by atoms with Crippen molar-refractivity contribution in [3.63, 3.8) is 0 Å². The first-order valence-electron chi connectivity index (χ1n) is 9.45. The van der Waals surface area contributed by atoms with Gasteiger partial charge in [0.1, 0.15) is 17.9 Å². The maximum absolute atomic E-state index is 14.8. The molecule has 0 aromatic heterocycles. The number of cyclic esters (lactones) is 1. The Morgan fingerprint density at radius 1 is 1.23 bits per heavy atom. The third-order valence-corrected chi connectivity index (χ3v) is 5.08. The second-order valence-electron chi connectivity index (χ2n) is 7.08. The number of hydrogen-bond donors (Lipinski definition) is 2. The Labute approximate surface area is 170 Å².